The monoisotopic (exact) mass is 831 g/mol. The lowest BCUT2D eigenvalue weighted by Crippen LogP contribution is -2.26. The number of fused-ring (bicyclic) bond motifs is 17. The summed E-state index contributed by atoms with van der Waals surface area (Å²) in [6, 6.07) is 82.7. The van der Waals surface area contributed by atoms with Crippen LogP contribution in [-0.4, -0.2) is 0 Å². The fourth-order valence-corrected chi connectivity index (χ4v) is 12.5. The van der Waals surface area contributed by atoms with E-state index in [-0.39, 0.29) is 0 Å². The predicted molar refractivity (Wildman–Crippen MR) is 268 cm³/mol. The van der Waals surface area contributed by atoms with Gasteiger partial charge in [0.2, 0.25) is 0 Å². The molecule has 2 aromatic heterocycles. The summed E-state index contributed by atoms with van der Waals surface area (Å²) in [6.45, 7) is 0. The number of hydrogen-bond acceptors (Lipinski definition) is 3. The van der Waals surface area contributed by atoms with Gasteiger partial charge >= 0.3 is 0 Å². The highest BCUT2D eigenvalue weighted by molar-refractivity contribution is 7.25. The van der Waals surface area contributed by atoms with Gasteiger partial charge in [-0.2, -0.15) is 0 Å². The van der Waals surface area contributed by atoms with E-state index in [4.69, 9.17) is 4.42 Å². The zero-order valence-corrected chi connectivity index (χ0v) is 35.4. The van der Waals surface area contributed by atoms with Crippen molar-refractivity contribution >= 4 is 70.5 Å². The fraction of sp³-hybridized carbons (Fsp3) is 0.0164. The van der Waals surface area contributed by atoms with E-state index in [2.05, 4.69) is 229 Å². The van der Waals surface area contributed by atoms with E-state index in [1.807, 2.05) is 11.3 Å². The maximum Gasteiger partial charge on any atom is 0.143 e. The molecule has 0 radical (unpaired) electrons. The first-order valence-electron chi connectivity index (χ1n) is 22.0. The maximum absolute atomic E-state index is 6.84. The Morgan fingerprint density at radius 3 is 1.77 bits per heavy atom. The smallest absolute Gasteiger partial charge is 0.143 e. The van der Waals surface area contributed by atoms with Crippen molar-refractivity contribution in [1.82, 2.24) is 0 Å². The molecule has 64 heavy (non-hydrogen) atoms. The van der Waals surface area contributed by atoms with Gasteiger partial charge in [-0.3, -0.25) is 0 Å². The van der Waals surface area contributed by atoms with Crippen molar-refractivity contribution in [2.24, 2.45) is 0 Å². The first-order valence-corrected chi connectivity index (χ1v) is 22.8. The lowest BCUT2D eigenvalue weighted by molar-refractivity contribution is 0.669. The van der Waals surface area contributed by atoms with Crippen molar-refractivity contribution in [1.29, 1.82) is 0 Å². The number of para-hydroxylation sites is 2. The van der Waals surface area contributed by atoms with E-state index >= 15 is 0 Å². The molecule has 0 amide bonds. The van der Waals surface area contributed by atoms with E-state index in [0.29, 0.717) is 0 Å². The molecule has 1 unspecified atom stereocenters. The summed E-state index contributed by atoms with van der Waals surface area (Å²) in [5.41, 5.74) is 19.5. The molecule has 1 spiro atoms. The average molecular weight is 832 g/mol. The van der Waals surface area contributed by atoms with E-state index in [9.17, 15) is 0 Å². The molecular formula is C61H37NOS. The first-order chi connectivity index (χ1) is 31.8. The summed E-state index contributed by atoms with van der Waals surface area (Å²) < 4.78 is 9.46. The highest BCUT2D eigenvalue weighted by Crippen LogP contribution is 2.66. The molecule has 2 aliphatic rings. The van der Waals surface area contributed by atoms with Crippen molar-refractivity contribution in [3.63, 3.8) is 0 Å². The number of hydrogen-bond donors (Lipinski definition) is 0. The van der Waals surface area contributed by atoms with Gasteiger partial charge < -0.3 is 9.32 Å². The topological polar surface area (TPSA) is 16.4 Å². The van der Waals surface area contributed by atoms with Crippen LogP contribution >= 0.6 is 11.3 Å². The van der Waals surface area contributed by atoms with Crippen LogP contribution in [0.15, 0.2) is 229 Å². The van der Waals surface area contributed by atoms with Crippen LogP contribution in [-0.2, 0) is 5.41 Å². The number of rotatable bonds is 5. The molecule has 0 saturated carbocycles. The van der Waals surface area contributed by atoms with Gasteiger partial charge in [-0.05, 0) is 92.5 Å². The van der Waals surface area contributed by atoms with Crippen molar-refractivity contribution in [3.05, 3.63) is 247 Å². The molecule has 3 heteroatoms. The molecule has 0 N–H and O–H groups in total. The highest BCUT2D eigenvalue weighted by Gasteiger charge is 2.53. The average Bonchev–Trinajstić information content (AvgIpc) is 4.10. The van der Waals surface area contributed by atoms with E-state index in [0.717, 1.165) is 39.0 Å². The second kappa shape index (κ2) is 13.5. The quantitative estimate of drug-likeness (QED) is 0.172. The van der Waals surface area contributed by atoms with Gasteiger partial charge in [0.05, 0.1) is 16.8 Å². The summed E-state index contributed by atoms with van der Waals surface area (Å²) in [4.78, 5) is 2.51. The van der Waals surface area contributed by atoms with Crippen LogP contribution in [0.25, 0.3) is 86.6 Å². The molecule has 0 aliphatic heterocycles. The standard InChI is InChI=1S/C61H37NOS/c1-2-16-38(17-3-1)41-18-6-11-27-52(41)62(40-34-32-39(33-35-40)42-23-14-31-56-57(42)47-22-8-13-30-55(47)64-56)53-28-15-26-50-58(53)45-20-4-9-24-48(45)61(50)49-25-10-5-21-46(49)59-51(61)37-36-44-43-19-7-12-29-54(43)63-60(44)59/h1-37H. The van der Waals surface area contributed by atoms with E-state index in [1.54, 1.807) is 0 Å². The largest absolute Gasteiger partial charge is 0.455 e. The van der Waals surface area contributed by atoms with E-state index in [1.165, 1.54) is 86.9 Å². The maximum atomic E-state index is 6.84. The van der Waals surface area contributed by atoms with Crippen molar-refractivity contribution in [3.8, 4) is 44.5 Å². The summed E-state index contributed by atoms with van der Waals surface area (Å²) in [7, 11) is 0. The molecule has 12 aromatic rings. The Kier molecular flexibility index (Phi) is 7.51. The van der Waals surface area contributed by atoms with Crippen molar-refractivity contribution < 1.29 is 4.42 Å². The summed E-state index contributed by atoms with van der Waals surface area (Å²) in [6.07, 6.45) is 0. The van der Waals surface area contributed by atoms with Crippen LogP contribution in [0.2, 0.25) is 0 Å². The Hall–Kier alpha value is -7.98. The Labute approximate surface area is 374 Å². The van der Waals surface area contributed by atoms with Gasteiger partial charge in [0, 0.05) is 53.3 Å². The van der Waals surface area contributed by atoms with Gasteiger partial charge in [-0.15, -0.1) is 11.3 Å². The first kappa shape index (κ1) is 35.6. The minimum atomic E-state index is -0.558. The molecule has 2 nitrogen and oxygen atoms in total. The van der Waals surface area contributed by atoms with Crippen LogP contribution in [0.4, 0.5) is 17.1 Å². The van der Waals surface area contributed by atoms with Gasteiger partial charge in [0.15, 0.2) is 0 Å². The molecule has 2 heterocycles. The Balaban J connectivity index is 1.03. The van der Waals surface area contributed by atoms with Gasteiger partial charge in [0.25, 0.3) is 0 Å². The SMILES string of the molecule is c1ccc(-c2ccccc2N(c2ccc(-c3cccc4sc5ccccc5c34)cc2)c2cccc3c2-c2ccccc2C32c3ccccc3-c3c2ccc2c3oc3ccccc32)cc1. The van der Waals surface area contributed by atoms with Crippen molar-refractivity contribution in [2.45, 2.75) is 5.41 Å². The molecule has 298 valence electrons. The molecule has 14 rings (SSSR count). The molecule has 2 aliphatic carbocycles. The van der Waals surface area contributed by atoms with Gasteiger partial charge in [0.1, 0.15) is 11.2 Å². The second-order valence-electron chi connectivity index (χ2n) is 17.0. The number of thiophene rings is 1. The van der Waals surface area contributed by atoms with Gasteiger partial charge in [-0.25, -0.2) is 0 Å². The summed E-state index contributed by atoms with van der Waals surface area (Å²) >= 11 is 1.87. The number of benzene rings is 10. The minimum Gasteiger partial charge on any atom is -0.455 e. The molecule has 10 aromatic carbocycles. The van der Waals surface area contributed by atoms with Crippen LogP contribution in [0, 0.1) is 0 Å². The summed E-state index contributed by atoms with van der Waals surface area (Å²) in [5.74, 6) is 0. The van der Waals surface area contributed by atoms with Crippen LogP contribution in [0.5, 0.6) is 0 Å². The Morgan fingerprint density at radius 1 is 0.359 bits per heavy atom. The number of anilines is 3. The zero-order chi connectivity index (χ0) is 41.9. The highest BCUT2D eigenvalue weighted by atomic mass is 32.1. The number of furan rings is 1. The van der Waals surface area contributed by atoms with Crippen LogP contribution in [0.3, 0.4) is 0 Å². The second-order valence-corrected chi connectivity index (χ2v) is 18.1. The molecule has 0 bridgehead atoms. The fourth-order valence-electron chi connectivity index (χ4n) is 11.4. The lowest BCUT2D eigenvalue weighted by Gasteiger charge is -2.32. The molecular weight excluding hydrogens is 795 g/mol. The Morgan fingerprint density at radius 2 is 0.938 bits per heavy atom. The normalized spacial score (nSPS) is 14.6. The van der Waals surface area contributed by atoms with E-state index < -0.39 is 5.41 Å². The molecule has 0 fully saturated rings. The predicted octanol–water partition coefficient (Wildman–Crippen LogP) is 17.1. The van der Waals surface area contributed by atoms with Gasteiger partial charge in [-0.1, -0.05) is 182 Å². The minimum absolute atomic E-state index is 0.558. The molecule has 0 saturated heterocycles. The molecule has 1 atom stereocenters. The third-order valence-electron chi connectivity index (χ3n) is 13.9. The zero-order valence-electron chi connectivity index (χ0n) is 34.6. The van der Waals surface area contributed by atoms with Crippen molar-refractivity contribution in [2.75, 3.05) is 4.90 Å². The Bertz CT molecular complexity index is 3860. The lowest BCUT2D eigenvalue weighted by atomic mass is 9.70. The van der Waals surface area contributed by atoms with Crippen LogP contribution < -0.4 is 4.90 Å². The van der Waals surface area contributed by atoms with Crippen LogP contribution in [0.1, 0.15) is 22.3 Å². The third kappa shape index (κ3) is 4.79. The number of nitrogens with zero attached hydrogens (tertiary/aromatic N) is 1. The third-order valence-corrected chi connectivity index (χ3v) is 15.0. The summed E-state index contributed by atoms with van der Waals surface area (Å²) in [5, 5.41) is 4.93.